The molecule has 5 rings (SSSR count). The minimum Gasteiger partial charge on any atom is -0.480 e. The first-order chi connectivity index (χ1) is 19.8. The van der Waals surface area contributed by atoms with Crippen molar-refractivity contribution in [3.63, 3.8) is 0 Å². The molecule has 3 heterocycles. The Bertz CT molecular complexity index is 1460. The Kier molecular flexibility index (Phi) is 7.80. The number of carboxylic acids is 1. The highest BCUT2D eigenvalue weighted by molar-refractivity contribution is 6.30. The first kappa shape index (κ1) is 29.2. The van der Waals surface area contributed by atoms with Crippen LogP contribution in [0.3, 0.4) is 0 Å². The molecule has 0 saturated carbocycles. The van der Waals surface area contributed by atoms with Gasteiger partial charge < -0.3 is 25.6 Å². The van der Waals surface area contributed by atoms with Gasteiger partial charge in [0.15, 0.2) is 0 Å². The summed E-state index contributed by atoms with van der Waals surface area (Å²) in [6.45, 7) is 0.799. The van der Waals surface area contributed by atoms with Crippen LogP contribution in [0.4, 0.5) is 29.7 Å². The summed E-state index contributed by atoms with van der Waals surface area (Å²) >= 11 is 6.14. The predicted molar refractivity (Wildman–Crippen MR) is 147 cm³/mol. The second-order valence-corrected chi connectivity index (χ2v) is 11.0. The number of hydrogen-bond donors (Lipinski definition) is 3. The van der Waals surface area contributed by atoms with Crippen LogP contribution in [0.25, 0.3) is 11.1 Å². The molecule has 1 aromatic heterocycles. The predicted octanol–water partition coefficient (Wildman–Crippen LogP) is 5.49. The van der Waals surface area contributed by atoms with Gasteiger partial charge in [-0.25, -0.2) is 9.59 Å². The van der Waals surface area contributed by atoms with Gasteiger partial charge in [-0.2, -0.15) is 23.1 Å². The Balaban J connectivity index is 1.39. The number of rotatable bonds is 6. The summed E-state index contributed by atoms with van der Waals surface area (Å²) in [5.41, 5.74) is 5.97. The molecule has 4 N–H and O–H groups in total. The molecule has 2 aliphatic heterocycles. The van der Waals surface area contributed by atoms with Crippen molar-refractivity contribution in [1.82, 2.24) is 14.9 Å². The van der Waals surface area contributed by atoms with E-state index in [0.29, 0.717) is 31.5 Å². The van der Waals surface area contributed by atoms with Crippen LogP contribution in [0.5, 0.6) is 5.88 Å². The smallest absolute Gasteiger partial charge is 0.429 e. The molecule has 0 bridgehead atoms. The zero-order valence-electron chi connectivity index (χ0n) is 22.1. The average Bonchev–Trinajstić information content (AvgIpc) is 3.32. The van der Waals surface area contributed by atoms with E-state index in [9.17, 15) is 33.0 Å². The van der Waals surface area contributed by atoms with Gasteiger partial charge in [0.1, 0.15) is 11.9 Å². The number of hydrogen-bond acceptors (Lipinski definition) is 7. The normalized spacial score (nSPS) is 19.1. The number of aromatic nitrogens is 2. The minimum atomic E-state index is -4.83. The van der Waals surface area contributed by atoms with E-state index in [0.717, 1.165) is 4.90 Å². The minimum absolute atomic E-state index is 0.0888. The lowest BCUT2D eigenvalue weighted by molar-refractivity contribution is -0.198. The highest BCUT2D eigenvalue weighted by Crippen LogP contribution is 2.45. The maximum absolute atomic E-state index is 14.5. The molecule has 2 aromatic carbocycles. The second kappa shape index (κ2) is 11.2. The summed E-state index contributed by atoms with van der Waals surface area (Å²) in [6, 6.07) is 12.7. The number of nitrogen functional groups attached to an aromatic ring is 1. The average molecular weight is 606 g/mol. The molecule has 1 amide bonds. The van der Waals surface area contributed by atoms with Gasteiger partial charge in [0.2, 0.25) is 17.9 Å². The van der Waals surface area contributed by atoms with Gasteiger partial charge in [0.25, 0.3) is 0 Å². The molecule has 222 valence electrons. The van der Waals surface area contributed by atoms with Gasteiger partial charge >= 0.3 is 18.2 Å². The fourth-order valence-electron chi connectivity index (χ4n) is 5.76. The van der Waals surface area contributed by atoms with Crippen molar-refractivity contribution in [2.45, 2.75) is 37.6 Å². The van der Waals surface area contributed by atoms with Gasteiger partial charge in [0, 0.05) is 36.3 Å². The summed E-state index contributed by atoms with van der Waals surface area (Å²) in [5.74, 6) is -1.61. The first-order valence-electron chi connectivity index (χ1n) is 13.1. The van der Waals surface area contributed by atoms with E-state index in [-0.39, 0.29) is 46.8 Å². The number of piperidine rings is 1. The number of anilines is 2. The van der Waals surface area contributed by atoms with E-state index in [1.54, 1.807) is 35.2 Å². The van der Waals surface area contributed by atoms with Gasteiger partial charge in [0.05, 0.1) is 0 Å². The molecule has 2 saturated heterocycles. The summed E-state index contributed by atoms with van der Waals surface area (Å²) in [7, 11) is 0. The molecular weight excluding hydrogens is 579 g/mol. The highest BCUT2D eigenvalue weighted by atomic mass is 35.5. The number of nitrogens with two attached hydrogens (primary N) is 1. The summed E-state index contributed by atoms with van der Waals surface area (Å²) in [6.07, 6.45) is -7.42. The van der Waals surface area contributed by atoms with Crippen molar-refractivity contribution in [3.8, 4) is 17.0 Å². The quantitative estimate of drug-likeness (QED) is 0.333. The molecule has 2 atom stereocenters. The number of amides is 1. The van der Waals surface area contributed by atoms with Gasteiger partial charge in [-0.15, -0.1) is 0 Å². The van der Waals surface area contributed by atoms with Gasteiger partial charge in [-0.05, 0) is 47.9 Å². The number of carboxylic acid groups (broad SMARTS) is 2. The Morgan fingerprint density at radius 3 is 2.36 bits per heavy atom. The van der Waals surface area contributed by atoms with E-state index in [1.165, 1.54) is 24.3 Å². The third-order valence-electron chi connectivity index (χ3n) is 7.81. The standard InChI is InChI=1S/C28H27ClF3N5O5/c29-17-6-7-18(19(12-17)16-4-2-1-3-5-16)23(28(30,31)32)42-22-13-21(34-25(33)35-22)36-10-8-27(9-11-36)14-20(24(38)39)37(15-27)26(40)41/h1-7,12-13,20,23H,8-11,14-15H2,(H,38,39)(H,40,41)(H2,33,34,35)/t20?,23-/m1/s1. The van der Waals surface area contributed by atoms with Crippen LogP contribution in [0.2, 0.25) is 5.02 Å². The molecule has 2 aliphatic rings. The number of aliphatic carboxylic acids is 1. The van der Waals surface area contributed by atoms with Crippen molar-refractivity contribution < 1.29 is 37.7 Å². The summed E-state index contributed by atoms with van der Waals surface area (Å²) in [4.78, 5) is 34.1. The Labute approximate surface area is 243 Å². The Morgan fingerprint density at radius 1 is 1.07 bits per heavy atom. The molecule has 1 unspecified atom stereocenters. The molecule has 0 radical (unpaired) electrons. The topological polar surface area (TPSA) is 142 Å². The van der Waals surface area contributed by atoms with Crippen LogP contribution in [-0.2, 0) is 4.79 Å². The zero-order chi connectivity index (χ0) is 30.2. The fraction of sp³-hybridized carbons (Fsp3) is 0.357. The lowest BCUT2D eigenvalue weighted by Gasteiger charge is -2.39. The van der Waals surface area contributed by atoms with E-state index in [1.807, 2.05) is 0 Å². The molecule has 0 aliphatic carbocycles. The molecule has 3 aromatic rings. The Morgan fingerprint density at radius 2 is 1.76 bits per heavy atom. The van der Waals surface area contributed by atoms with Crippen molar-refractivity contribution in [1.29, 1.82) is 0 Å². The third kappa shape index (κ3) is 6.01. The van der Waals surface area contributed by atoms with Crippen LogP contribution >= 0.6 is 11.6 Å². The number of likely N-dealkylation sites (tertiary alicyclic amines) is 1. The zero-order valence-corrected chi connectivity index (χ0v) is 22.8. The molecule has 2 fully saturated rings. The molecule has 1 spiro atoms. The summed E-state index contributed by atoms with van der Waals surface area (Å²) in [5, 5.41) is 19.2. The van der Waals surface area contributed by atoms with Gasteiger partial charge in [-0.3, -0.25) is 4.90 Å². The number of ether oxygens (including phenoxy) is 1. The Hall–Kier alpha value is -4.26. The molecule has 10 nitrogen and oxygen atoms in total. The van der Waals surface area contributed by atoms with Crippen molar-refractivity contribution >= 4 is 35.4 Å². The molecule has 42 heavy (non-hydrogen) atoms. The third-order valence-corrected chi connectivity index (χ3v) is 8.05. The lowest BCUT2D eigenvalue weighted by Crippen LogP contribution is -2.43. The summed E-state index contributed by atoms with van der Waals surface area (Å²) < 4.78 is 48.9. The fourth-order valence-corrected chi connectivity index (χ4v) is 5.93. The second-order valence-electron chi connectivity index (χ2n) is 10.5. The molecular formula is C28H27ClF3N5O5. The number of carbonyl (C=O) groups is 2. The highest BCUT2D eigenvalue weighted by Gasteiger charge is 2.50. The van der Waals surface area contributed by atoms with Gasteiger partial charge in [-0.1, -0.05) is 48.0 Å². The van der Waals surface area contributed by atoms with E-state index >= 15 is 0 Å². The van der Waals surface area contributed by atoms with Crippen LogP contribution in [-0.4, -0.2) is 69.0 Å². The van der Waals surface area contributed by atoms with E-state index in [2.05, 4.69) is 9.97 Å². The van der Waals surface area contributed by atoms with E-state index in [4.69, 9.17) is 22.1 Å². The molecule has 14 heteroatoms. The maximum atomic E-state index is 14.5. The van der Waals surface area contributed by atoms with E-state index < -0.39 is 35.8 Å². The van der Waals surface area contributed by atoms with Crippen molar-refractivity contribution in [2.24, 2.45) is 5.41 Å². The monoisotopic (exact) mass is 605 g/mol. The lowest BCUT2D eigenvalue weighted by atomic mass is 9.76. The van der Waals surface area contributed by atoms with Crippen LogP contribution in [0, 0.1) is 5.41 Å². The number of alkyl halides is 3. The number of halogens is 4. The number of benzene rings is 2. The van der Waals surface area contributed by atoms with Crippen molar-refractivity contribution in [3.05, 3.63) is 65.2 Å². The van der Waals surface area contributed by atoms with Crippen LogP contribution < -0.4 is 15.4 Å². The van der Waals surface area contributed by atoms with Crippen LogP contribution in [0.15, 0.2) is 54.6 Å². The van der Waals surface area contributed by atoms with Crippen molar-refractivity contribution in [2.75, 3.05) is 30.3 Å². The van der Waals surface area contributed by atoms with Crippen LogP contribution in [0.1, 0.15) is 30.9 Å². The number of nitrogens with zero attached hydrogens (tertiary/aromatic N) is 4. The first-order valence-corrected chi connectivity index (χ1v) is 13.4. The SMILES string of the molecule is Nc1nc(O[C@H](c2ccc(Cl)cc2-c2ccccc2)C(F)(F)F)cc(N2CCC3(CC2)CC(C(=O)O)N(C(=O)O)C3)n1. The largest absolute Gasteiger partial charge is 0.480 e. The maximum Gasteiger partial charge on any atom is 0.429 e.